The Bertz CT molecular complexity index is 350. The van der Waals surface area contributed by atoms with Gasteiger partial charge in [-0.2, -0.15) is 11.8 Å². The average Bonchev–Trinajstić information content (AvgIpc) is 2.85. The van der Waals surface area contributed by atoms with Crippen LogP contribution in [0, 0.1) is 0 Å². The van der Waals surface area contributed by atoms with Crippen LogP contribution in [0.5, 0.6) is 0 Å². The maximum absolute atomic E-state index is 12.0. The van der Waals surface area contributed by atoms with E-state index in [1.165, 1.54) is 18.6 Å². The molecule has 1 aliphatic carbocycles. The average molecular weight is 300 g/mol. The van der Waals surface area contributed by atoms with Crippen LogP contribution >= 0.6 is 11.8 Å². The summed E-state index contributed by atoms with van der Waals surface area (Å²) in [5.74, 6) is 0.340. The predicted molar refractivity (Wildman–Crippen MR) is 80.1 cm³/mol. The maximum Gasteiger partial charge on any atom is 0.315 e. The molecule has 2 rings (SSSR count). The molecule has 1 unspecified atom stereocenters. The van der Waals surface area contributed by atoms with Crippen molar-refractivity contribution in [3.8, 4) is 0 Å². The largest absolute Gasteiger partial charge is 0.481 e. The number of carbonyl (C=O) groups excluding carboxylic acids is 1. The van der Waals surface area contributed by atoms with Crippen LogP contribution < -0.4 is 10.6 Å². The molecule has 1 atom stereocenters. The Morgan fingerprint density at radius 2 is 1.95 bits per heavy atom. The molecule has 2 amide bonds. The van der Waals surface area contributed by atoms with Crippen molar-refractivity contribution in [2.45, 2.75) is 62.2 Å². The van der Waals surface area contributed by atoms with Gasteiger partial charge in [-0.05, 0) is 31.4 Å². The molecular formula is C14H24N2O3S. The highest BCUT2D eigenvalue weighted by Crippen LogP contribution is 2.32. The van der Waals surface area contributed by atoms with Crippen molar-refractivity contribution in [1.29, 1.82) is 0 Å². The summed E-state index contributed by atoms with van der Waals surface area (Å²) in [5, 5.41) is 15.4. The number of hydrogen-bond donors (Lipinski definition) is 3. The summed E-state index contributed by atoms with van der Waals surface area (Å²) >= 11 is 1.92. The van der Waals surface area contributed by atoms with Crippen LogP contribution in [0.1, 0.15) is 51.4 Å². The van der Waals surface area contributed by atoms with Crippen LogP contribution in [-0.2, 0) is 4.79 Å². The molecule has 1 aliphatic heterocycles. The van der Waals surface area contributed by atoms with E-state index in [9.17, 15) is 9.59 Å². The number of hydrogen-bond acceptors (Lipinski definition) is 3. The summed E-state index contributed by atoms with van der Waals surface area (Å²) in [4.78, 5) is 23.0. The van der Waals surface area contributed by atoms with Gasteiger partial charge >= 0.3 is 12.0 Å². The van der Waals surface area contributed by atoms with Crippen LogP contribution in [0.15, 0.2) is 0 Å². The van der Waals surface area contributed by atoms with Gasteiger partial charge in [0.25, 0.3) is 0 Å². The third-order valence-electron chi connectivity index (χ3n) is 4.19. The first kappa shape index (κ1) is 15.5. The zero-order chi connectivity index (χ0) is 14.4. The van der Waals surface area contributed by atoms with E-state index in [1.807, 2.05) is 11.8 Å². The quantitative estimate of drug-likeness (QED) is 0.728. The predicted octanol–water partition coefficient (Wildman–Crippen LogP) is 2.36. The van der Waals surface area contributed by atoms with Crippen molar-refractivity contribution in [3.05, 3.63) is 0 Å². The number of carbonyl (C=O) groups is 2. The van der Waals surface area contributed by atoms with Crippen LogP contribution in [0.2, 0.25) is 0 Å². The Labute approximate surface area is 124 Å². The maximum atomic E-state index is 12.0. The van der Waals surface area contributed by atoms with Crippen LogP contribution in [0.4, 0.5) is 4.79 Å². The molecule has 3 N–H and O–H groups in total. The second-order valence-electron chi connectivity index (χ2n) is 5.88. The van der Waals surface area contributed by atoms with Gasteiger partial charge in [-0.15, -0.1) is 0 Å². The van der Waals surface area contributed by atoms with Crippen molar-refractivity contribution < 1.29 is 14.7 Å². The third kappa shape index (κ3) is 4.58. The van der Waals surface area contributed by atoms with Gasteiger partial charge < -0.3 is 15.7 Å². The number of carboxylic acids is 1. The van der Waals surface area contributed by atoms with E-state index in [4.69, 9.17) is 5.11 Å². The van der Waals surface area contributed by atoms with E-state index in [-0.39, 0.29) is 12.5 Å². The molecule has 5 nitrogen and oxygen atoms in total. The van der Waals surface area contributed by atoms with Crippen molar-refractivity contribution in [2.75, 3.05) is 12.3 Å². The van der Waals surface area contributed by atoms with Gasteiger partial charge in [0.05, 0.1) is 12.0 Å². The lowest BCUT2D eigenvalue weighted by Gasteiger charge is -2.29. The lowest BCUT2D eigenvalue weighted by molar-refractivity contribution is -0.138. The standard InChI is InChI=1S/C14H24N2O3S/c17-12(18)9-14(6-2-3-7-14)16-13(19)15-10-11-5-1-4-8-20-11/h11H,1-10H2,(H,17,18)(H2,15,16,19). The van der Waals surface area contributed by atoms with Crippen LogP contribution in [0.3, 0.4) is 0 Å². The highest BCUT2D eigenvalue weighted by atomic mass is 32.2. The summed E-state index contributed by atoms with van der Waals surface area (Å²) in [6.45, 7) is 0.680. The number of amides is 2. The molecular weight excluding hydrogens is 276 g/mol. The molecule has 1 saturated heterocycles. The zero-order valence-corrected chi connectivity index (χ0v) is 12.6. The summed E-state index contributed by atoms with van der Waals surface area (Å²) < 4.78 is 0. The normalized spacial score (nSPS) is 25.1. The Kier molecular flexibility index (Phi) is 5.57. The minimum Gasteiger partial charge on any atom is -0.481 e. The molecule has 114 valence electrons. The molecule has 0 aromatic carbocycles. The molecule has 0 spiro atoms. The zero-order valence-electron chi connectivity index (χ0n) is 11.8. The first-order valence-electron chi connectivity index (χ1n) is 7.49. The summed E-state index contributed by atoms with van der Waals surface area (Å²) in [5.41, 5.74) is -0.532. The fraction of sp³-hybridized carbons (Fsp3) is 0.857. The number of carboxylic acid groups (broad SMARTS) is 1. The highest BCUT2D eigenvalue weighted by Gasteiger charge is 2.37. The number of urea groups is 1. The molecule has 6 heteroatoms. The fourth-order valence-corrected chi connectivity index (χ4v) is 4.39. The molecule has 0 radical (unpaired) electrons. The van der Waals surface area contributed by atoms with Crippen molar-refractivity contribution in [3.63, 3.8) is 0 Å². The molecule has 2 aliphatic rings. The summed E-state index contributed by atoms with van der Waals surface area (Å²) in [6, 6.07) is -0.209. The SMILES string of the molecule is O=C(O)CC1(NC(=O)NCC2CCCCS2)CCCC1. The first-order chi connectivity index (χ1) is 9.60. The molecule has 1 saturated carbocycles. The third-order valence-corrected chi connectivity index (χ3v) is 5.59. The minimum atomic E-state index is -0.838. The second kappa shape index (κ2) is 7.20. The van der Waals surface area contributed by atoms with E-state index in [2.05, 4.69) is 10.6 Å². The van der Waals surface area contributed by atoms with Gasteiger partial charge in [-0.1, -0.05) is 19.3 Å². The summed E-state index contributed by atoms with van der Waals surface area (Å²) in [7, 11) is 0. The van der Waals surface area contributed by atoms with Gasteiger partial charge in [0, 0.05) is 11.8 Å². The lowest BCUT2D eigenvalue weighted by Crippen LogP contribution is -2.52. The molecule has 0 aromatic heterocycles. The molecule has 2 fully saturated rings. The van der Waals surface area contributed by atoms with Crippen molar-refractivity contribution in [1.82, 2.24) is 10.6 Å². The Morgan fingerprint density at radius 1 is 1.20 bits per heavy atom. The lowest BCUT2D eigenvalue weighted by atomic mass is 9.93. The molecule has 20 heavy (non-hydrogen) atoms. The topological polar surface area (TPSA) is 78.4 Å². The van der Waals surface area contributed by atoms with Crippen molar-refractivity contribution >= 4 is 23.8 Å². The smallest absolute Gasteiger partial charge is 0.315 e. The molecule has 0 aromatic rings. The monoisotopic (exact) mass is 300 g/mol. The van der Waals surface area contributed by atoms with Crippen LogP contribution in [-0.4, -0.2) is 40.2 Å². The number of aliphatic carboxylic acids is 1. The van der Waals surface area contributed by atoms with E-state index in [0.717, 1.165) is 32.1 Å². The number of rotatable bonds is 5. The summed E-state index contributed by atoms with van der Waals surface area (Å²) in [6.07, 6.45) is 7.22. The Morgan fingerprint density at radius 3 is 2.55 bits per heavy atom. The van der Waals surface area contributed by atoms with Crippen molar-refractivity contribution in [2.24, 2.45) is 0 Å². The second-order valence-corrected chi connectivity index (χ2v) is 7.29. The van der Waals surface area contributed by atoms with Gasteiger partial charge in [-0.25, -0.2) is 4.79 Å². The fourth-order valence-electron chi connectivity index (χ4n) is 3.15. The van der Waals surface area contributed by atoms with E-state index < -0.39 is 11.5 Å². The van der Waals surface area contributed by atoms with Gasteiger partial charge in [-0.3, -0.25) is 4.79 Å². The van der Waals surface area contributed by atoms with Gasteiger partial charge in [0.15, 0.2) is 0 Å². The van der Waals surface area contributed by atoms with E-state index in [0.29, 0.717) is 11.8 Å². The number of thioether (sulfide) groups is 1. The van der Waals surface area contributed by atoms with Crippen LogP contribution in [0.25, 0.3) is 0 Å². The molecule has 0 bridgehead atoms. The van der Waals surface area contributed by atoms with Gasteiger partial charge in [0.1, 0.15) is 0 Å². The van der Waals surface area contributed by atoms with E-state index in [1.54, 1.807) is 0 Å². The van der Waals surface area contributed by atoms with Gasteiger partial charge in [0.2, 0.25) is 0 Å². The Balaban J connectivity index is 1.77. The Hall–Kier alpha value is -0.910. The molecule has 1 heterocycles. The van der Waals surface area contributed by atoms with E-state index >= 15 is 0 Å². The number of nitrogens with one attached hydrogen (secondary N) is 2. The highest BCUT2D eigenvalue weighted by molar-refractivity contribution is 7.99. The minimum absolute atomic E-state index is 0.0264. The first-order valence-corrected chi connectivity index (χ1v) is 8.54.